The van der Waals surface area contributed by atoms with Crippen molar-refractivity contribution in [3.63, 3.8) is 0 Å². The Hall–Kier alpha value is -2.83. The number of rotatable bonds is 7. The van der Waals surface area contributed by atoms with Crippen molar-refractivity contribution in [3.05, 3.63) is 52.2 Å². The molecule has 0 unspecified atom stereocenters. The van der Waals surface area contributed by atoms with Crippen LogP contribution < -0.4 is 10.6 Å². The van der Waals surface area contributed by atoms with Gasteiger partial charge in [0.25, 0.3) is 0 Å². The molecule has 0 spiro atoms. The van der Waals surface area contributed by atoms with Crippen LogP contribution in [0, 0.1) is 24.6 Å². The number of anilines is 1. The highest BCUT2D eigenvalue weighted by atomic mass is 19.4. The minimum Gasteiger partial charge on any atom is -0.381 e. The van der Waals surface area contributed by atoms with E-state index in [1.807, 2.05) is 0 Å². The Bertz CT molecular complexity index is 1110. The average molecular weight is 496 g/mol. The van der Waals surface area contributed by atoms with Crippen molar-refractivity contribution >= 4 is 11.7 Å². The van der Waals surface area contributed by atoms with Gasteiger partial charge in [-0.05, 0) is 13.0 Å². The molecule has 188 valence electrons. The quantitative estimate of drug-likeness (QED) is 0.570. The summed E-state index contributed by atoms with van der Waals surface area (Å²) in [6.45, 7) is 3.26. The SMILES string of the molecule is Cc1nc(CC(=O)N[C@H]2[C@@H]3COC[C@@H]32)c(C2OCCO2)c(NCc2cccc(C(F)(F)F)c2F)n1. The number of halogens is 4. The molecule has 8 nitrogen and oxygen atoms in total. The van der Waals surface area contributed by atoms with Crippen molar-refractivity contribution < 1.29 is 36.6 Å². The van der Waals surface area contributed by atoms with Crippen molar-refractivity contribution in [3.8, 4) is 0 Å². The largest absolute Gasteiger partial charge is 0.419 e. The summed E-state index contributed by atoms with van der Waals surface area (Å²) in [5.74, 6) is -0.361. The van der Waals surface area contributed by atoms with Crippen LogP contribution in [0.25, 0.3) is 0 Å². The first-order valence-corrected chi connectivity index (χ1v) is 11.3. The van der Waals surface area contributed by atoms with Gasteiger partial charge in [0.05, 0.1) is 49.7 Å². The predicted octanol–water partition coefficient (Wildman–Crippen LogP) is 2.90. The molecule has 2 aliphatic heterocycles. The molecule has 2 saturated heterocycles. The molecule has 1 amide bonds. The number of nitrogens with one attached hydrogen (secondary N) is 2. The number of fused-ring (bicyclic) bond motifs is 1. The molecule has 1 aromatic carbocycles. The van der Waals surface area contributed by atoms with Crippen molar-refractivity contribution in [1.82, 2.24) is 15.3 Å². The van der Waals surface area contributed by atoms with Gasteiger partial charge in [-0.15, -0.1) is 0 Å². The fourth-order valence-electron chi connectivity index (χ4n) is 4.64. The van der Waals surface area contributed by atoms with Crippen molar-refractivity contribution in [2.75, 3.05) is 31.7 Å². The first-order chi connectivity index (χ1) is 16.7. The van der Waals surface area contributed by atoms with Crippen molar-refractivity contribution in [1.29, 1.82) is 0 Å². The number of hydrogen-bond donors (Lipinski definition) is 2. The van der Waals surface area contributed by atoms with Crippen LogP contribution in [0.3, 0.4) is 0 Å². The number of amides is 1. The fraction of sp³-hybridized carbons (Fsp3) is 0.522. The number of carbonyl (C=O) groups is 1. The lowest BCUT2D eigenvalue weighted by Gasteiger charge is -2.20. The third-order valence-corrected chi connectivity index (χ3v) is 6.43. The summed E-state index contributed by atoms with van der Waals surface area (Å²) in [5, 5.41) is 5.91. The summed E-state index contributed by atoms with van der Waals surface area (Å²) in [7, 11) is 0. The third-order valence-electron chi connectivity index (χ3n) is 6.43. The van der Waals surface area contributed by atoms with Crippen LogP contribution in [-0.2, 0) is 38.1 Å². The van der Waals surface area contributed by atoms with Gasteiger partial charge in [-0.2, -0.15) is 13.2 Å². The van der Waals surface area contributed by atoms with Crippen molar-refractivity contribution in [2.24, 2.45) is 11.8 Å². The van der Waals surface area contributed by atoms with Crippen LogP contribution in [0.1, 0.15) is 34.5 Å². The summed E-state index contributed by atoms with van der Waals surface area (Å²) in [4.78, 5) is 21.5. The topological polar surface area (TPSA) is 94.6 Å². The molecule has 35 heavy (non-hydrogen) atoms. The highest BCUT2D eigenvalue weighted by Crippen LogP contribution is 2.44. The normalized spacial score (nSPS) is 23.9. The molecule has 3 aliphatic rings. The van der Waals surface area contributed by atoms with Gasteiger partial charge in [-0.1, -0.05) is 12.1 Å². The van der Waals surface area contributed by atoms with Gasteiger partial charge in [0.2, 0.25) is 5.91 Å². The summed E-state index contributed by atoms with van der Waals surface area (Å²) >= 11 is 0. The minimum absolute atomic E-state index is 0.0642. The van der Waals surface area contributed by atoms with Crippen LogP contribution in [0.15, 0.2) is 18.2 Å². The van der Waals surface area contributed by atoms with E-state index >= 15 is 0 Å². The maximum Gasteiger partial charge on any atom is 0.419 e. The molecule has 3 heterocycles. The summed E-state index contributed by atoms with van der Waals surface area (Å²) in [6.07, 6.45) is -5.73. The molecule has 5 rings (SSSR count). The molecular weight excluding hydrogens is 472 g/mol. The standard InChI is InChI=1S/C23H24F4N4O4/c1-11-29-16(7-17(32)31-20-13-9-33-10-14(13)20)18(22-34-5-6-35-22)21(30-11)28-8-12-3-2-4-15(19(12)24)23(25,26)27/h2-4,13-14,20,22H,5-10H2,1H3,(H,31,32)(H,28,29,30)/t13-,14+,20+. The van der Waals surface area contributed by atoms with Crippen LogP contribution >= 0.6 is 0 Å². The Morgan fingerprint density at radius 2 is 1.86 bits per heavy atom. The number of aromatic nitrogens is 2. The van der Waals surface area contributed by atoms with E-state index in [1.165, 1.54) is 6.07 Å². The fourth-order valence-corrected chi connectivity index (χ4v) is 4.64. The summed E-state index contributed by atoms with van der Waals surface area (Å²) in [6, 6.07) is 3.18. The van der Waals surface area contributed by atoms with E-state index in [4.69, 9.17) is 14.2 Å². The van der Waals surface area contributed by atoms with Crippen LogP contribution in [0.2, 0.25) is 0 Å². The molecule has 1 aromatic heterocycles. The molecule has 0 bridgehead atoms. The third kappa shape index (κ3) is 4.95. The highest BCUT2D eigenvalue weighted by molar-refractivity contribution is 5.79. The van der Waals surface area contributed by atoms with Gasteiger partial charge < -0.3 is 24.8 Å². The van der Waals surface area contributed by atoms with E-state index < -0.39 is 23.8 Å². The van der Waals surface area contributed by atoms with Crippen LogP contribution in [0.5, 0.6) is 0 Å². The molecule has 0 radical (unpaired) electrons. The maximum absolute atomic E-state index is 14.5. The molecular formula is C23H24F4N4O4. The maximum atomic E-state index is 14.5. The summed E-state index contributed by atoms with van der Waals surface area (Å²) < 4.78 is 70.4. The molecule has 2 N–H and O–H groups in total. The van der Waals surface area contributed by atoms with E-state index in [0.717, 1.165) is 6.07 Å². The summed E-state index contributed by atoms with van der Waals surface area (Å²) in [5.41, 5.74) is -0.783. The smallest absolute Gasteiger partial charge is 0.381 e. The average Bonchev–Trinajstić information content (AvgIpc) is 3.21. The Labute approximate surface area is 198 Å². The first-order valence-electron chi connectivity index (χ1n) is 11.3. The lowest BCUT2D eigenvalue weighted by molar-refractivity contribution is -0.140. The zero-order chi connectivity index (χ0) is 24.7. The number of ether oxygens (including phenoxy) is 3. The number of hydrogen-bond acceptors (Lipinski definition) is 7. The molecule has 1 saturated carbocycles. The Balaban J connectivity index is 1.38. The number of aryl methyl sites for hydroxylation is 1. The number of alkyl halides is 3. The van der Waals surface area contributed by atoms with Gasteiger partial charge in [-0.25, -0.2) is 14.4 Å². The van der Waals surface area contributed by atoms with Gasteiger partial charge >= 0.3 is 6.18 Å². The van der Waals surface area contributed by atoms with Crippen LogP contribution in [-0.4, -0.2) is 48.3 Å². The molecule has 2 aromatic rings. The highest BCUT2D eigenvalue weighted by Gasteiger charge is 2.54. The second kappa shape index (κ2) is 9.32. The second-order valence-corrected chi connectivity index (χ2v) is 8.82. The molecule has 3 atom stereocenters. The molecule has 12 heteroatoms. The van der Waals surface area contributed by atoms with Gasteiger partial charge in [0, 0.05) is 30.0 Å². The number of carbonyl (C=O) groups excluding carboxylic acids is 1. The van der Waals surface area contributed by atoms with Gasteiger partial charge in [0.15, 0.2) is 6.29 Å². The lowest BCUT2D eigenvalue weighted by atomic mass is 10.1. The monoisotopic (exact) mass is 496 g/mol. The van der Waals surface area contributed by atoms with Gasteiger partial charge in [-0.3, -0.25) is 4.79 Å². The Morgan fingerprint density at radius 1 is 1.14 bits per heavy atom. The Morgan fingerprint density at radius 3 is 2.54 bits per heavy atom. The van der Waals surface area contributed by atoms with Gasteiger partial charge in [0.1, 0.15) is 17.5 Å². The second-order valence-electron chi connectivity index (χ2n) is 8.82. The molecule has 1 aliphatic carbocycles. The van der Waals surface area contributed by atoms with E-state index in [1.54, 1.807) is 6.92 Å². The van der Waals surface area contributed by atoms with E-state index in [0.29, 0.717) is 61.4 Å². The Kier molecular flexibility index (Phi) is 6.36. The first kappa shape index (κ1) is 23.9. The number of benzene rings is 1. The molecule has 3 fully saturated rings. The van der Waals surface area contributed by atoms with Crippen LogP contribution in [0.4, 0.5) is 23.4 Å². The van der Waals surface area contributed by atoms with Crippen molar-refractivity contribution in [2.45, 2.75) is 38.4 Å². The lowest BCUT2D eigenvalue weighted by Crippen LogP contribution is -2.32. The van der Waals surface area contributed by atoms with E-state index in [9.17, 15) is 22.4 Å². The zero-order valence-corrected chi connectivity index (χ0v) is 18.8. The zero-order valence-electron chi connectivity index (χ0n) is 18.8. The predicted molar refractivity (Wildman–Crippen MR) is 114 cm³/mol. The van der Waals surface area contributed by atoms with E-state index in [2.05, 4.69) is 20.6 Å². The van der Waals surface area contributed by atoms with E-state index in [-0.39, 0.29) is 36.3 Å². The minimum atomic E-state index is -4.81. The number of nitrogens with zero attached hydrogens (tertiary/aromatic N) is 2.